The molecule has 0 N–H and O–H groups in total. The van der Waals surface area contributed by atoms with Crippen molar-refractivity contribution in [2.24, 2.45) is 0 Å². The smallest absolute Gasteiger partial charge is 0.307 e. The summed E-state index contributed by atoms with van der Waals surface area (Å²) in [4.78, 5) is 28.7. The lowest BCUT2D eigenvalue weighted by Crippen LogP contribution is -2.26. The van der Waals surface area contributed by atoms with Crippen LogP contribution in [0.2, 0.25) is 0 Å². The summed E-state index contributed by atoms with van der Waals surface area (Å²) < 4.78 is 6.60. The molecule has 2 aromatic rings. The van der Waals surface area contributed by atoms with E-state index in [1.807, 2.05) is 30.3 Å². The molecule has 0 amide bonds. The topological polar surface area (TPSA) is 61.2 Å². The molecule has 5 nitrogen and oxygen atoms in total. The third kappa shape index (κ3) is 3.64. The maximum atomic E-state index is 12.4. The lowest BCUT2D eigenvalue weighted by Gasteiger charge is -2.12. The largest absolute Gasteiger partial charge is 0.466 e. The van der Waals surface area contributed by atoms with Crippen molar-refractivity contribution >= 4 is 17.7 Å². The monoisotopic (exact) mass is 330 g/mol. The zero-order valence-electron chi connectivity index (χ0n) is 12.9. The first kappa shape index (κ1) is 15.8. The van der Waals surface area contributed by atoms with Crippen LogP contribution in [0.15, 0.2) is 46.3 Å². The molecule has 1 atom stereocenters. The first-order valence-electron chi connectivity index (χ1n) is 7.62. The van der Waals surface area contributed by atoms with Crippen molar-refractivity contribution in [3.63, 3.8) is 0 Å². The highest BCUT2D eigenvalue weighted by atomic mass is 32.2. The molecule has 1 aliphatic rings. The van der Waals surface area contributed by atoms with Gasteiger partial charge in [0.2, 0.25) is 0 Å². The fourth-order valence-corrected chi connectivity index (χ4v) is 3.82. The van der Waals surface area contributed by atoms with E-state index in [-0.39, 0.29) is 24.0 Å². The molecule has 1 aromatic carbocycles. The van der Waals surface area contributed by atoms with Gasteiger partial charge in [0, 0.05) is 18.2 Å². The van der Waals surface area contributed by atoms with Crippen LogP contribution in [0.1, 0.15) is 30.6 Å². The Bertz CT molecular complexity index is 758. The fraction of sp³-hybridized carbons (Fsp3) is 0.353. The van der Waals surface area contributed by atoms with Gasteiger partial charge in [-0.25, -0.2) is 4.98 Å². The molecule has 1 unspecified atom stereocenters. The number of ether oxygens (including phenoxy) is 1. The van der Waals surface area contributed by atoms with E-state index < -0.39 is 0 Å². The average Bonchev–Trinajstić information content (AvgIpc) is 2.92. The van der Waals surface area contributed by atoms with Crippen molar-refractivity contribution in [3.8, 4) is 0 Å². The van der Waals surface area contributed by atoms with Crippen LogP contribution in [0.25, 0.3) is 0 Å². The minimum Gasteiger partial charge on any atom is -0.466 e. The van der Waals surface area contributed by atoms with E-state index in [4.69, 9.17) is 4.74 Å². The number of benzene rings is 1. The number of carbonyl (C=O) groups excluding carboxylic acids is 1. The van der Waals surface area contributed by atoms with Crippen molar-refractivity contribution in [2.75, 3.05) is 12.4 Å². The molecule has 3 rings (SSSR count). The quantitative estimate of drug-likeness (QED) is 0.622. The minimum absolute atomic E-state index is 0.0970. The number of nitrogens with zero attached hydrogens (tertiary/aromatic N) is 2. The second-order valence-corrected chi connectivity index (χ2v) is 6.36. The van der Waals surface area contributed by atoms with Gasteiger partial charge in [0.15, 0.2) is 5.16 Å². The van der Waals surface area contributed by atoms with E-state index in [2.05, 4.69) is 4.98 Å². The Morgan fingerprint density at radius 3 is 2.91 bits per heavy atom. The van der Waals surface area contributed by atoms with Crippen molar-refractivity contribution in [1.82, 2.24) is 9.55 Å². The van der Waals surface area contributed by atoms with E-state index in [9.17, 15) is 9.59 Å². The zero-order valence-corrected chi connectivity index (χ0v) is 13.7. The molecular formula is C17H18N2O3S. The number of esters is 1. The van der Waals surface area contributed by atoms with Crippen molar-refractivity contribution in [1.29, 1.82) is 0 Å². The summed E-state index contributed by atoms with van der Waals surface area (Å²) in [6.45, 7) is 2.13. The van der Waals surface area contributed by atoms with Crippen LogP contribution in [-0.4, -0.2) is 27.9 Å². The summed E-state index contributed by atoms with van der Waals surface area (Å²) in [7, 11) is 0. The second kappa shape index (κ2) is 7.00. The van der Waals surface area contributed by atoms with Gasteiger partial charge in [0.05, 0.1) is 24.8 Å². The molecule has 120 valence electrons. The van der Waals surface area contributed by atoms with Gasteiger partial charge < -0.3 is 4.74 Å². The second-order valence-electron chi connectivity index (χ2n) is 5.37. The van der Waals surface area contributed by atoms with Gasteiger partial charge in [0.1, 0.15) is 0 Å². The molecule has 0 saturated heterocycles. The predicted molar refractivity (Wildman–Crippen MR) is 88.8 cm³/mol. The average molecular weight is 330 g/mol. The number of hydrogen-bond donors (Lipinski definition) is 0. The maximum absolute atomic E-state index is 12.4. The van der Waals surface area contributed by atoms with Gasteiger partial charge in [-0.1, -0.05) is 42.1 Å². The van der Waals surface area contributed by atoms with E-state index in [0.717, 1.165) is 11.3 Å². The highest BCUT2D eigenvalue weighted by molar-refractivity contribution is 7.99. The number of carbonyl (C=O) groups is 1. The van der Waals surface area contributed by atoms with Crippen LogP contribution in [0.3, 0.4) is 0 Å². The van der Waals surface area contributed by atoms with E-state index in [1.165, 1.54) is 11.8 Å². The van der Waals surface area contributed by atoms with Gasteiger partial charge in [-0.2, -0.15) is 0 Å². The summed E-state index contributed by atoms with van der Waals surface area (Å²) in [6.07, 6.45) is 0.848. The molecular weight excluding hydrogens is 312 g/mol. The Hall–Kier alpha value is -2.08. The third-order valence-electron chi connectivity index (χ3n) is 3.68. The number of fused-ring (bicyclic) bond motifs is 1. The SMILES string of the molecule is CCOC(=O)CC1CSc2nc(Cc3ccccc3)cc(=O)n21. The van der Waals surface area contributed by atoms with Crippen molar-refractivity contribution in [2.45, 2.75) is 31.0 Å². The fourth-order valence-electron chi connectivity index (χ4n) is 2.66. The molecule has 0 spiro atoms. The summed E-state index contributed by atoms with van der Waals surface area (Å²) in [5, 5.41) is 0.692. The number of aromatic nitrogens is 2. The zero-order chi connectivity index (χ0) is 16.2. The summed E-state index contributed by atoms with van der Waals surface area (Å²) in [6, 6.07) is 11.3. The Kier molecular flexibility index (Phi) is 4.81. The van der Waals surface area contributed by atoms with Gasteiger partial charge in [0.25, 0.3) is 5.56 Å². The molecule has 1 aromatic heterocycles. The Labute approximate surface area is 138 Å². The van der Waals surface area contributed by atoms with E-state index in [0.29, 0.717) is 23.9 Å². The minimum atomic E-state index is -0.272. The molecule has 0 aliphatic carbocycles. The summed E-state index contributed by atoms with van der Waals surface area (Å²) >= 11 is 1.52. The van der Waals surface area contributed by atoms with E-state index in [1.54, 1.807) is 17.6 Å². The highest BCUT2D eigenvalue weighted by Gasteiger charge is 2.28. The standard InChI is InChI=1S/C17H18N2O3S/c1-2-22-16(21)10-14-11-23-17-18-13(9-15(20)19(14)17)8-12-6-4-3-5-7-12/h3-7,9,14H,2,8,10-11H2,1H3. The predicted octanol–water partition coefficient (Wildman–Crippen LogP) is 2.43. The first-order valence-corrected chi connectivity index (χ1v) is 8.60. The molecule has 23 heavy (non-hydrogen) atoms. The van der Waals surface area contributed by atoms with E-state index >= 15 is 0 Å². The Balaban J connectivity index is 1.81. The molecule has 0 radical (unpaired) electrons. The molecule has 6 heteroatoms. The number of rotatable bonds is 5. The van der Waals surface area contributed by atoms with Crippen LogP contribution in [0, 0.1) is 0 Å². The molecule has 1 aliphatic heterocycles. The molecule has 0 saturated carbocycles. The highest BCUT2D eigenvalue weighted by Crippen LogP contribution is 2.32. The summed E-state index contributed by atoms with van der Waals surface area (Å²) in [5.41, 5.74) is 1.78. The third-order valence-corrected chi connectivity index (χ3v) is 4.78. The van der Waals surface area contributed by atoms with Gasteiger partial charge in [-0.05, 0) is 12.5 Å². The Morgan fingerprint density at radius 1 is 1.39 bits per heavy atom. The van der Waals surface area contributed by atoms with Gasteiger partial charge in [-0.15, -0.1) is 0 Å². The number of hydrogen-bond acceptors (Lipinski definition) is 5. The van der Waals surface area contributed by atoms with Crippen LogP contribution < -0.4 is 5.56 Å². The number of thioether (sulfide) groups is 1. The lowest BCUT2D eigenvalue weighted by molar-refractivity contribution is -0.143. The van der Waals surface area contributed by atoms with Gasteiger partial charge >= 0.3 is 5.97 Å². The molecule has 2 heterocycles. The Morgan fingerprint density at radius 2 is 2.17 bits per heavy atom. The first-order chi connectivity index (χ1) is 11.2. The maximum Gasteiger partial charge on any atom is 0.307 e. The lowest BCUT2D eigenvalue weighted by atomic mass is 10.1. The van der Waals surface area contributed by atoms with Crippen LogP contribution >= 0.6 is 11.8 Å². The summed E-state index contributed by atoms with van der Waals surface area (Å²) in [5.74, 6) is 0.404. The molecule has 0 fully saturated rings. The van der Waals surface area contributed by atoms with Crippen molar-refractivity contribution in [3.05, 3.63) is 58.0 Å². The van der Waals surface area contributed by atoms with Gasteiger partial charge in [-0.3, -0.25) is 14.2 Å². The van der Waals surface area contributed by atoms with Crippen LogP contribution in [0.5, 0.6) is 0 Å². The van der Waals surface area contributed by atoms with Crippen molar-refractivity contribution < 1.29 is 9.53 Å². The molecule has 0 bridgehead atoms. The van der Waals surface area contributed by atoms with Crippen LogP contribution in [0.4, 0.5) is 0 Å². The normalized spacial score (nSPS) is 16.1. The van der Waals surface area contributed by atoms with Crippen LogP contribution in [-0.2, 0) is 16.0 Å².